The summed E-state index contributed by atoms with van der Waals surface area (Å²) in [5.74, 6) is 0.0567. The molecule has 0 aliphatic heterocycles. The highest BCUT2D eigenvalue weighted by molar-refractivity contribution is 5.95. The maximum atomic E-state index is 7.01. The predicted octanol–water partition coefficient (Wildman–Crippen LogP) is 0.846. The highest BCUT2D eigenvalue weighted by Crippen LogP contribution is 1.98. The van der Waals surface area contributed by atoms with Gasteiger partial charge in [0.15, 0.2) is 0 Å². The van der Waals surface area contributed by atoms with Gasteiger partial charge in [0.25, 0.3) is 0 Å². The first kappa shape index (κ1) is 12.9. The fourth-order valence-corrected chi connectivity index (χ4v) is 0.622. The van der Waals surface area contributed by atoms with Gasteiger partial charge in [-0.2, -0.15) is 5.10 Å². The molecule has 1 rings (SSSR count). The second-order valence-electron chi connectivity index (χ2n) is 1.82. The predicted molar refractivity (Wildman–Crippen MR) is 48.8 cm³/mol. The van der Waals surface area contributed by atoms with Gasteiger partial charge in [-0.05, 0) is 6.92 Å². The number of halogens is 2. The molecular formula is C5H10Cl2N4. The number of nitrogens with two attached hydrogens (primary N) is 1. The monoisotopic (exact) mass is 196 g/mol. The molecular weight excluding hydrogens is 187 g/mol. The number of nitrogen functional groups attached to an aromatic ring is 1. The van der Waals surface area contributed by atoms with Crippen molar-refractivity contribution in [2.75, 3.05) is 0 Å². The molecule has 0 saturated heterocycles. The van der Waals surface area contributed by atoms with Crippen LogP contribution in [0.1, 0.15) is 11.3 Å². The maximum absolute atomic E-state index is 7.01. The van der Waals surface area contributed by atoms with Crippen LogP contribution in [0.5, 0.6) is 0 Å². The van der Waals surface area contributed by atoms with Crippen LogP contribution in [0.3, 0.4) is 0 Å². The normalized spacial score (nSPS) is 7.73. The Labute approximate surface area is 76.9 Å². The Morgan fingerprint density at radius 2 is 2.18 bits per heavy atom. The third-order valence-electron chi connectivity index (χ3n) is 1.12. The van der Waals surface area contributed by atoms with E-state index in [0.29, 0.717) is 5.56 Å². The molecule has 0 amide bonds. The van der Waals surface area contributed by atoms with Gasteiger partial charge in [0, 0.05) is 5.69 Å². The summed E-state index contributed by atoms with van der Waals surface area (Å²) < 4.78 is 0. The van der Waals surface area contributed by atoms with Crippen molar-refractivity contribution in [3.05, 3.63) is 17.5 Å². The van der Waals surface area contributed by atoms with E-state index in [1.807, 2.05) is 6.92 Å². The Morgan fingerprint density at radius 1 is 1.64 bits per heavy atom. The van der Waals surface area contributed by atoms with Crippen LogP contribution in [0.15, 0.2) is 6.20 Å². The standard InChI is InChI=1S/C5H8N4.2ClH/c1-3-4(5(6)7)2-8-9-3;;/h2H,1H3,(H3,6,7)(H,8,9);2*1H. The first-order valence-electron chi connectivity index (χ1n) is 2.56. The number of H-pyrrole nitrogens is 1. The molecule has 1 heterocycles. The van der Waals surface area contributed by atoms with E-state index in [9.17, 15) is 0 Å². The summed E-state index contributed by atoms with van der Waals surface area (Å²) in [6, 6.07) is 0. The van der Waals surface area contributed by atoms with Crippen molar-refractivity contribution in [1.82, 2.24) is 10.2 Å². The molecule has 11 heavy (non-hydrogen) atoms. The molecule has 0 fully saturated rings. The van der Waals surface area contributed by atoms with Crippen molar-refractivity contribution in [3.63, 3.8) is 0 Å². The second kappa shape index (κ2) is 4.98. The number of hydrogen-bond donors (Lipinski definition) is 3. The number of hydrogen-bond acceptors (Lipinski definition) is 2. The minimum absolute atomic E-state index is 0. The molecule has 4 N–H and O–H groups in total. The van der Waals surface area contributed by atoms with E-state index in [-0.39, 0.29) is 30.6 Å². The molecule has 0 bridgehead atoms. The summed E-state index contributed by atoms with van der Waals surface area (Å²) in [6.45, 7) is 1.82. The quantitative estimate of drug-likeness (QED) is 0.460. The zero-order valence-corrected chi connectivity index (χ0v) is 7.55. The largest absolute Gasteiger partial charge is 0.384 e. The van der Waals surface area contributed by atoms with E-state index < -0.39 is 0 Å². The molecule has 0 spiro atoms. The number of nitrogens with zero attached hydrogens (tertiary/aromatic N) is 1. The fourth-order valence-electron chi connectivity index (χ4n) is 0.622. The Kier molecular flexibility index (Phi) is 5.84. The average molecular weight is 197 g/mol. The van der Waals surface area contributed by atoms with Crippen LogP contribution in [-0.2, 0) is 0 Å². The first-order chi connectivity index (χ1) is 4.22. The Balaban J connectivity index is 0. The minimum Gasteiger partial charge on any atom is -0.384 e. The topological polar surface area (TPSA) is 78.5 Å². The summed E-state index contributed by atoms with van der Waals surface area (Å²) in [5.41, 5.74) is 6.69. The van der Waals surface area contributed by atoms with Crippen molar-refractivity contribution >= 4 is 30.6 Å². The number of aryl methyl sites for hydroxylation is 1. The summed E-state index contributed by atoms with van der Waals surface area (Å²) in [5, 5.41) is 13.4. The number of aromatic nitrogens is 2. The zero-order chi connectivity index (χ0) is 6.85. The molecule has 0 radical (unpaired) electrons. The lowest BCUT2D eigenvalue weighted by Gasteiger charge is -1.90. The van der Waals surface area contributed by atoms with Gasteiger partial charge in [-0.15, -0.1) is 24.8 Å². The van der Waals surface area contributed by atoms with Crippen molar-refractivity contribution in [2.24, 2.45) is 5.73 Å². The van der Waals surface area contributed by atoms with Crippen LogP contribution in [0.4, 0.5) is 0 Å². The third-order valence-corrected chi connectivity index (χ3v) is 1.12. The smallest absolute Gasteiger partial charge is 0.126 e. The molecule has 0 unspecified atom stereocenters. The Bertz CT molecular complexity index is 232. The van der Waals surface area contributed by atoms with Gasteiger partial charge in [-0.1, -0.05) is 0 Å². The second-order valence-corrected chi connectivity index (χ2v) is 1.82. The lowest BCUT2D eigenvalue weighted by atomic mass is 10.2. The maximum Gasteiger partial charge on any atom is 0.126 e. The van der Waals surface area contributed by atoms with Crippen molar-refractivity contribution in [2.45, 2.75) is 6.92 Å². The van der Waals surface area contributed by atoms with E-state index in [0.717, 1.165) is 5.69 Å². The van der Waals surface area contributed by atoms with Crippen LogP contribution < -0.4 is 5.73 Å². The van der Waals surface area contributed by atoms with Gasteiger partial charge >= 0.3 is 0 Å². The molecule has 0 saturated carbocycles. The first-order valence-corrected chi connectivity index (χ1v) is 2.56. The summed E-state index contributed by atoms with van der Waals surface area (Å²) in [4.78, 5) is 0. The molecule has 0 aromatic carbocycles. The Hall–Kier alpha value is -0.740. The van der Waals surface area contributed by atoms with Crippen molar-refractivity contribution in [3.8, 4) is 0 Å². The zero-order valence-electron chi connectivity index (χ0n) is 5.92. The van der Waals surface area contributed by atoms with Gasteiger partial charge < -0.3 is 5.73 Å². The molecule has 0 atom stereocenters. The molecule has 0 aliphatic carbocycles. The average Bonchev–Trinajstić information content (AvgIpc) is 2.13. The van der Waals surface area contributed by atoms with Gasteiger partial charge in [0.05, 0.1) is 11.8 Å². The van der Waals surface area contributed by atoms with Gasteiger partial charge in [-0.3, -0.25) is 10.5 Å². The molecule has 0 aliphatic rings. The lowest BCUT2D eigenvalue weighted by molar-refractivity contribution is 1.05. The molecule has 1 aromatic rings. The van der Waals surface area contributed by atoms with Crippen LogP contribution >= 0.6 is 24.8 Å². The van der Waals surface area contributed by atoms with Crippen LogP contribution in [0.2, 0.25) is 0 Å². The van der Waals surface area contributed by atoms with Crippen LogP contribution in [0, 0.1) is 12.3 Å². The summed E-state index contributed by atoms with van der Waals surface area (Å²) >= 11 is 0. The van der Waals surface area contributed by atoms with E-state index in [1.165, 1.54) is 6.20 Å². The van der Waals surface area contributed by atoms with Crippen LogP contribution in [-0.4, -0.2) is 16.0 Å². The van der Waals surface area contributed by atoms with Gasteiger partial charge in [-0.25, -0.2) is 0 Å². The number of rotatable bonds is 1. The van der Waals surface area contributed by atoms with E-state index in [4.69, 9.17) is 11.1 Å². The van der Waals surface area contributed by atoms with Crippen molar-refractivity contribution < 1.29 is 0 Å². The van der Waals surface area contributed by atoms with E-state index >= 15 is 0 Å². The van der Waals surface area contributed by atoms with Crippen LogP contribution in [0.25, 0.3) is 0 Å². The Morgan fingerprint density at radius 3 is 2.36 bits per heavy atom. The summed E-state index contributed by atoms with van der Waals surface area (Å²) in [6.07, 6.45) is 1.54. The van der Waals surface area contributed by atoms with E-state index in [2.05, 4.69) is 10.2 Å². The molecule has 64 valence electrons. The number of nitrogens with one attached hydrogen (secondary N) is 2. The molecule has 6 heteroatoms. The number of aromatic amines is 1. The lowest BCUT2D eigenvalue weighted by Crippen LogP contribution is -2.11. The third kappa shape index (κ3) is 2.78. The summed E-state index contributed by atoms with van der Waals surface area (Å²) in [7, 11) is 0. The van der Waals surface area contributed by atoms with Crippen molar-refractivity contribution in [1.29, 1.82) is 5.41 Å². The molecule has 4 nitrogen and oxygen atoms in total. The highest BCUT2D eigenvalue weighted by atomic mass is 35.5. The highest BCUT2D eigenvalue weighted by Gasteiger charge is 2.00. The molecule has 1 aromatic heterocycles. The van der Waals surface area contributed by atoms with Gasteiger partial charge in [0.1, 0.15) is 5.84 Å². The number of amidine groups is 1. The minimum atomic E-state index is 0. The van der Waals surface area contributed by atoms with Gasteiger partial charge in [0.2, 0.25) is 0 Å². The van der Waals surface area contributed by atoms with E-state index in [1.54, 1.807) is 0 Å². The fraction of sp³-hybridized carbons (Fsp3) is 0.200. The SMILES string of the molecule is Cc1[nH]ncc1C(=N)N.Cl.Cl.